The molecule has 1 aromatic carbocycles. The number of hydrogen-bond acceptors (Lipinski definition) is 4. The van der Waals surface area contributed by atoms with E-state index in [0.717, 1.165) is 18.4 Å². The molecule has 1 unspecified atom stereocenters. The molecule has 136 valence electrons. The predicted octanol–water partition coefficient (Wildman–Crippen LogP) is 1.08. The van der Waals surface area contributed by atoms with Crippen LogP contribution in [0.2, 0.25) is 0 Å². The van der Waals surface area contributed by atoms with Crippen LogP contribution in [-0.2, 0) is 20.9 Å². The van der Waals surface area contributed by atoms with Gasteiger partial charge in [-0.15, -0.1) is 0 Å². The van der Waals surface area contributed by atoms with Crippen molar-refractivity contribution >= 4 is 11.8 Å². The largest absolute Gasteiger partial charge is 0.396 e. The minimum absolute atomic E-state index is 0.0203. The van der Waals surface area contributed by atoms with Gasteiger partial charge in [-0.2, -0.15) is 0 Å². The first kappa shape index (κ1) is 17.9. The number of likely N-dealkylation sites (tertiary alicyclic amines) is 1. The molecule has 2 heterocycles. The maximum Gasteiger partial charge on any atom is 0.242 e. The Hall–Kier alpha value is -1.92. The lowest BCUT2D eigenvalue weighted by Gasteiger charge is -2.36. The van der Waals surface area contributed by atoms with Crippen LogP contribution in [0.1, 0.15) is 31.2 Å². The highest BCUT2D eigenvalue weighted by molar-refractivity contribution is 5.90. The first-order valence-electron chi connectivity index (χ1n) is 8.93. The minimum atomic E-state index is -0.428. The summed E-state index contributed by atoms with van der Waals surface area (Å²) in [6.45, 7) is 2.14. The zero-order valence-electron chi connectivity index (χ0n) is 14.4. The third-order valence-electron chi connectivity index (χ3n) is 5.35. The van der Waals surface area contributed by atoms with Gasteiger partial charge in [0.1, 0.15) is 6.04 Å². The molecule has 2 N–H and O–H groups in total. The maximum atomic E-state index is 12.7. The fourth-order valence-corrected chi connectivity index (χ4v) is 3.57. The summed E-state index contributed by atoms with van der Waals surface area (Å²) in [4.78, 5) is 26.5. The molecule has 2 amide bonds. The lowest BCUT2D eigenvalue weighted by molar-refractivity contribution is -0.136. The van der Waals surface area contributed by atoms with Crippen LogP contribution < -0.4 is 5.32 Å². The molecule has 25 heavy (non-hydrogen) atoms. The average molecular weight is 346 g/mol. The number of aliphatic hydroxyl groups excluding tert-OH is 1. The van der Waals surface area contributed by atoms with Gasteiger partial charge in [-0.25, -0.2) is 0 Å². The van der Waals surface area contributed by atoms with Crippen molar-refractivity contribution in [2.24, 2.45) is 5.41 Å². The average Bonchev–Trinajstić information content (AvgIpc) is 3.02. The number of rotatable bonds is 6. The van der Waals surface area contributed by atoms with Gasteiger partial charge in [0.15, 0.2) is 0 Å². The van der Waals surface area contributed by atoms with Crippen molar-refractivity contribution in [3.05, 3.63) is 35.9 Å². The van der Waals surface area contributed by atoms with Crippen LogP contribution >= 0.6 is 0 Å². The van der Waals surface area contributed by atoms with Crippen LogP contribution in [0.15, 0.2) is 30.3 Å². The SMILES string of the molecule is O=C(NCC1(CO)CCOCC1)C1CCC(=O)N1Cc1ccccc1. The Morgan fingerprint density at radius 1 is 1.28 bits per heavy atom. The Balaban J connectivity index is 1.61. The van der Waals surface area contributed by atoms with Gasteiger partial charge in [0.25, 0.3) is 0 Å². The number of hydrogen-bond donors (Lipinski definition) is 2. The van der Waals surface area contributed by atoms with Crippen molar-refractivity contribution in [1.82, 2.24) is 10.2 Å². The zero-order chi connectivity index (χ0) is 17.7. The number of aliphatic hydroxyl groups is 1. The summed E-state index contributed by atoms with van der Waals surface area (Å²) >= 11 is 0. The van der Waals surface area contributed by atoms with E-state index in [9.17, 15) is 14.7 Å². The lowest BCUT2D eigenvalue weighted by atomic mass is 9.81. The summed E-state index contributed by atoms with van der Waals surface area (Å²) in [5.74, 6) is -0.104. The smallest absolute Gasteiger partial charge is 0.242 e. The quantitative estimate of drug-likeness (QED) is 0.808. The van der Waals surface area contributed by atoms with Gasteiger partial charge in [-0.3, -0.25) is 9.59 Å². The van der Waals surface area contributed by atoms with Crippen LogP contribution in [0.4, 0.5) is 0 Å². The van der Waals surface area contributed by atoms with E-state index in [4.69, 9.17) is 4.74 Å². The van der Waals surface area contributed by atoms with E-state index < -0.39 is 6.04 Å². The van der Waals surface area contributed by atoms with Crippen LogP contribution in [0, 0.1) is 5.41 Å². The van der Waals surface area contributed by atoms with E-state index in [1.165, 1.54) is 0 Å². The van der Waals surface area contributed by atoms with Crippen molar-refractivity contribution in [1.29, 1.82) is 0 Å². The highest BCUT2D eigenvalue weighted by atomic mass is 16.5. The van der Waals surface area contributed by atoms with Gasteiger partial charge in [0, 0.05) is 38.1 Å². The first-order valence-corrected chi connectivity index (χ1v) is 8.93. The molecule has 1 atom stereocenters. The molecule has 2 saturated heterocycles. The van der Waals surface area contributed by atoms with Crippen molar-refractivity contribution in [2.75, 3.05) is 26.4 Å². The molecule has 0 aromatic heterocycles. The number of amides is 2. The molecule has 6 nitrogen and oxygen atoms in total. The third-order valence-corrected chi connectivity index (χ3v) is 5.35. The minimum Gasteiger partial charge on any atom is -0.396 e. The highest BCUT2D eigenvalue weighted by Gasteiger charge is 2.38. The maximum absolute atomic E-state index is 12.7. The molecule has 0 bridgehead atoms. The second-order valence-electron chi connectivity index (χ2n) is 7.05. The number of nitrogens with one attached hydrogen (secondary N) is 1. The van der Waals surface area contributed by atoms with Gasteiger partial charge in [-0.1, -0.05) is 30.3 Å². The van der Waals surface area contributed by atoms with E-state index in [0.29, 0.717) is 39.1 Å². The predicted molar refractivity (Wildman–Crippen MR) is 92.6 cm³/mol. The molecule has 0 aliphatic carbocycles. The lowest BCUT2D eigenvalue weighted by Crippen LogP contribution is -2.49. The molecule has 6 heteroatoms. The number of benzene rings is 1. The van der Waals surface area contributed by atoms with Crippen molar-refractivity contribution < 1.29 is 19.4 Å². The first-order chi connectivity index (χ1) is 12.1. The van der Waals surface area contributed by atoms with Crippen molar-refractivity contribution in [3.63, 3.8) is 0 Å². The van der Waals surface area contributed by atoms with E-state index in [1.54, 1.807) is 4.90 Å². The molecule has 1 aromatic rings. The third kappa shape index (κ3) is 4.19. The van der Waals surface area contributed by atoms with E-state index in [1.807, 2.05) is 30.3 Å². The summed E-state index contributed by atoms with van der Waals surface area (Å²) in [5.41, 5.74) is 0.715. The standard InChI is InChI=1S/C19H26N2O4/c22-14-19(8-10-25-11-9-19)13-20-18(24)16-6-7-17(23)21(16)12-15-4-2-1-3-5-15/h1-5,16,22H,6-14H2,(H,20,24). The monoisotopic (exact) mass is 346 g/mol. The van der Waals surface area contributed by atoms with E-state index >= 15 is 0 Å². The second kappa shape index (κ2) is 7.97. The van der Waals surface area contributed by atoms with Crippen LogP contribution in [0.3, 0.4) is 0 Å². The fourth-order valence-electron chi connectivity index (χ4n) is 3.57. The summed E-state index contributed by atoms with van der Waals surface area (Å²) in [5, 5.41) is 12.7. The molecular weight excluding hydrogens is 320 g/mol. The number of carbonyl (C=O) groups is 2. The zero-order valence-corrected chi connectivity index (χ0v) is 14.4. The number of ether oxygens (including phenoxy) is 1. The Labute approximate surface area is 148 Å². The molecule has 2 fully saturated rings. The molecule has 3 rings (SSSR count). The van der Waals surface area contributed by atoms with Crippen LogP contribution in [0.25, 0.3) is 0 Å². The van der Waals surface area contributed by atoms with Gasteiger partial charge >= 0.3 is 0 Å². The number of carbonyl (C=O) groups excluding carboxylic acids is 2. The van der Waals surface area contributed by atoms with Gasteiger partial charge in [0.05, 0.1) is 6.61 Å². The summed E-state index contributed by atoms with van der Waals surface area (Å²) in [7, 11) is 0. The highest BCUT2D eigenvalue weighted by Crippen LogP contribution is 2.29. The molecule has 0 saturated carbocycles. The molecule has 2 aliphatic heterocycles. The molecule has 0 spiro atoms. The van der Waals surface area contributed by atoms with E-state index in [2.05, 4.69) is 5.32 Å². The van der Waals surface area contributed by atoms with Crippen molar-refractivity contribution in [2.45, 2.75) is 38.3 Å². The van der Waals surface area contributed by atoms with Crippen molar-refractivity contribution in [3.8, 4) is 0 Å². The summed E-state index contributed by atoms with van der Waals surface area (Å²) < 4.78 is 5.35. The Kier molecular flexibility index (Phi) is 5.71. The Bertz CT molecular complexity index is 599. The van der Waals surface area contributed by atoms with Crippen LogP contribution in [-0.4, -0.2) is 54.2 Å². The molecule has 0 radical (unpaired) electrons. The van der Waals surface area contributed by atoms with Gasteiger partial charge in [0.2, 0.25) is 11.8 Å². The summed E-state index contributed by atoms with van der Waals surface area (Å²) in [6, 6.07) is 9.29. The normalized spacial score (nSPS) is 22.8. The topological polar surface area (TPSA) is 78.9 Å². The second-order valence-corrected chi connectivity index (χ2v) is 7.05. The van der Waals surface area contributed by atoms with E-state index in [-0.39, 0.29) is 23.8 Å². The molecule has 2 aliphatic rings. The number of nitrogens with zero attached hydrogens (tertiary/aromatic N) is 1. The van der Waals surface area contributed by atoms with Gasteiger partial charge in [-0.05, 0) is 24.8 Å². The Morgan fingerprint density at radius 3 is 2.68 bits per heavy atom. The fraction of sp³-hybridized carbons (Fsp3) is 0.579. The van der Waals surface area contributed by atoms with Crippen LogP contribution in [0.5, 0.6) is 0 Å². The molecular formula is C19H26N2O4. The summed E-state index contributed by atoms with van der Waals surface area (Å²) in [6.07, 6.45) is 2.43. The van der Waals surface area contributed by atoms with Gasteiger partial charge < -0.3 is 20.1 Å². The Morgan fingerprint density at radius 2 is 2.00 bits per heavy atom.